The van der Waals surface area contributed by atoms with E-state index in [9.17, 15) is 10.2 Å². The number of para-hydroxylation sites is 2. The minimum absolute atomic E-state index is 0.120. The van der Waals surface area contributed by atoms with Crippen LogP contribution in [0.2, 0.25) is 0 Å². The molecule has 1 spiro atoms. The summed E-state index contributed by atoms with van der Waals surface area (Å²) >= 11 is 0. The monoisotopic (exact) mass is 349 g/mol. The summed E-state index contributed by atoms with van der Waals surface area (Å²) in [7, 11) is 0. The molecule has 0 radical (unpaired) electrons. The van der Waals surface area contributed by atoms with Gasteiger partial charge in [-0.2, -0.15) is 0 Å². The third kappa shape index (κ3) is 2.31. The standard InChI is InChI=1S/C21H23N3O2/c25-12-15-20(14-6-2-1-3-7-14)21(15)13-24(10-18(21)26)11-19-22-16-8-4-5-9-17(16)23-19/h1-9,15,18,20,25-26H,10-13H2,(H,22,23)/t15-,18-,20-,21-/m1/s1. The van der Waals surface area contributed by atoms with E-state index in [2.05, 4.69) is 27.0 Å². The van der Waals surface area contributed by atoms with Crippen molar-refractivity contribution in [3.8, 4) is 0 Å². The van der Waals surface area contributed by atoms with Gasteiger partial charge in [0.1, 0.15) is 5.82 Å². The third-order valence-corrected chi connectivity index (χ3v) is 6.28. The van der Waals surface area contributed by atoms with Gasteiger partial charge in [-0.3, -0.25) is 4.90 Å². The second-order valence-electron chi connectivity index (χ2n) is 7.68. The van der Waals surface area contributed by atoms with E-state index in [1.165, 1.54) is 5.56 Å². The molecule has 5 rings (SSSR count). The zero-order valence-electron chi connectivity index (χ0n) is 14.5. The fourth-order valence-electron chi connectivity index (χ4n) is 5.07. The number of hydrogen-bond donors (Lipinski definition) is 3. The fourth-order valence-corrected chi connectivity index (χ4v) is 5.07. The van der Waals surface area contributed by atoms with E-state index in [1.54, 1.807) is 0 Å². The molecule has 2 fully saturated rings. The molecule has 5 heteroatoms. The number of hydrogen-bond acceptors (Lipinski definition) is 4. The van der Waals surface area contributed by atoms with Crippen LogP contribution in [0.5, 0.6) is 0 Å². The van der Waals surface area contributed by atoms with Gasteiger partial charge in [0, 0.05) is 25.1 Å². The molecule has 2 aliphatic rings. The fraction of sp³-hybridized carbons (Fsp3) is 0.381. The van der Waals surface area contributed by atoms with Gasteiger partial charge in [-0.25, -0.2) is 4.98 Å². The first kappa shape index (κ1) is 16.0. The number of H-pyrrole nitrogens is 1. The second kappa shape index (κ2) is 5.91. The summed E-state index contributed by atoms with van der Waals surface area (Å²) in [6.07, 6.45) is -0.422. The number of fused-ring (bicyclic) bond motifs is 1. The van der Waals surface area contributed by atoms with E-state index in [-0.39, 0.29) is 23.9 Å². The molecule has 2 aromatic carbocycles. The van der Waals surface area contributed by atoms with Gasteiger partial charge in [0.05, 0.1) is 23.7 Å². The smallest absolute Gasteiger partial charge is 0.121 e. The molecule has 1 saturated carbocycles. The van der Waals surface area contributed by atoms with Gasteiger partial charge in [-0.1, -0.05) is 42.5 Å². The molecule has 1 aliphatic heterocycles. The Morgan fingerprint density at radius 3 is 2.65 bits per heavy atom. The van der Waals surface area contributed by atoms with Crippen LogP contribution >= 0.6 is 0 Å². The molecule has 0 bridgehead atoms. The lowest BCUT2D eigenvalue weighted by Crippen LogP contribution is -2.23. The van der Waals surface area contributed by atoms with Gasteiger partial charge in [-0.15, -0.1) is 0 Å². The highest BCUT2D eigenvalue weighted by molar-refractivity contribution is 5.74. The Morgan fingerprint density at radius 1 is 1.12 bits per heavy atom. The summed E-state index contributed by atoms with van der Waals surface area (Å²) in [5, 5.41) is 20.8. The van der Waals surface area contributed by atoms with Gasteiger partial charge in [0.15, 0.2) is 0 Å². The molecule has 3 aromatic rings. The highest BCUT2D eigenvalue weighted by Crippen LogP contribution is 2.68. The molecule has 5 nitrogen and oxygen atoms in total. The molecule has 0 amide bonds. The summed E-state index contributed by atoms with van der Waals surface area (Å²) in [6, 6.07) is 18.3. The maximum atomic E-state index is 10.9. The van der Waals surface area contributed by atoms with Crippen molar-refractivity contribution in [2.45, 2.75) is 18.6 Å². The summed E-state index contributed by atoms with van der Waals surface area (Å²) in [5.41, 5.74) is 3.00. The minimum atomic E-state index is -0.422. The number of nitrogens with zero attached hydrogens (tertiary/aromatic N) is 2. The van der Waals surface area contributed by atoms with Crippen molar-refractivity contribution >= 4 is 11.0 Å². The summed E-state index contributed by atoms with van der Waals surface area (Å²) < 4.78 is 0. The third-order valence-electron chi connectivity index (χ3n) is 6.28. The number of imidazole rings is 1. The van der Waals surface area contributed by atoms with Crippen molar-refractivity contribution in [1.29, 1.82) is 0 Å². The number of likely N-dealkylation sites (tertiary alicyclic amines) is 1. The largest absolute Gasteiger partial charge is 0.396 e. The molecule has 0 unspecified atom stereocenters. The molecule has 3 N–H and O–H groups in total. The molecule has 4 atom stereocenters. The molecule has 1 aliphatic carbocycles. The quantitative estimate of drug-likeness (QED) is 0.675. The van der Waals surface area contributed by atoms with Crippen molar-refractivity contribution < 1.29 is 10.2 Å². The molecule has 1 saturated heterocycles. The van der Waals surface area contributed by atoms with Crippen LogP contribution in [0.1, 0.15) is 17.3 Å². The van der Waals surface area contributed by atoms with Crippen molar-refractivity contribution in [2.24, 2.45) is 11.3 Å². The lowest BCUT2D eigenvalue weighted by molar-refractivity contribution is 0.111. The van der Waals surface area contributed by atoms with Gasteiger partial charge in [-0.05, 0) is 29.5 Å². The second-order valence-corrected chi connectivity index (χ2v) is 7.68. The van der Waals surface area contributed by atoms with Crippen molar-refractivity contribution in [2.75, 3.05) is 19.7 Å². The number of nitrogens with one attached hydrogen (secondary N) is 1. The zero-order valence-corrected chi connectivity index (χ0v) is 14.5. The number of β-amino-alcohol motifs (C(OH)–C–C–N with tert-alkyl or cyclic N) is 1. The minimum Gasteiger partial charge on any atom is -0.396 e. The Balaban J connectivity index is 1.38. The molecular formula is C21H23N3O2. The Morgan fingerprint density at radius 2 is 1.88 bits per heavy atom. The lowest BCUT2D eigenvalue weighted by Gasteiger charge is -2.15. The molecule has 26 heavy (non-hydrogen) atoms. The van der Waals surface area contributed by atoms with Crippen molar-refractivity contribution in [3.05, 3.63) is 66.0 Å². The van der Waals surface area contributed by atoms with E-state index in [0.29, 0.717) is 13.1 Å². The van der Waals surface area contributed by atoms with E-state index < -0.39 is 6.10 Å². The van der Waals surface area contributed by atoms with Gasteiger partial charge in [0.25, 0.3) is 0 Å². The number of rotatable bonds is 4. The van der Waals surface area contributed by atoms with Crippen LogP contribution in [0.4, 0.5) is 0 Å². The SMILES string of the molecule is OC[C@@H]1[C@@H](c2ccccc2)[C@]12CN(Cc1nc3ccccc3[nH]1)C[C@H]2O. The van der Waals surface area contributed by atoms with Gasteiger partial charge < -0.3 is 15.2 Å². The van der Waals surface area contributed by atoms with Crippen LogP contribution in [-0.4, -0.2) is 50.9 Å². The van der Waals surface area contributed by atoms with Crippen LogP contribution in [0.15, 0.2) is 54.6 Å². The topological polar surface area (TPSA) is 72.4 Å². The average molecular weight is 349 g/mol. The first-order valence-electron chi connectivity index (χ1n) is 9.22. The zero-order chi connectivity index (χ0) is 17.7. The Bertz CT molecular complexity index is 892. The summed E-state index contributed by atoms with van der Waals surface area (Å²) in [6.45, 7) is 2.22. The lowest BCUT2D eigenvalue weighted by atomic mass is 9.95. The first-order chi connectivity index (χ1) is 12.7. The summed E-state index contributed by atoms with van der Waals surface area (Å²) in [5.74, 6) is 1.28. The predicted molar refractivity (Wildman–Crippen MR) is 99.6 cm³/mol. The van der Waals surface area contributed by atoms with Crippen LogP contribution in [0.3, 0.4) is 0 Å². The molecule has 2 heterocycles. The van der Waals surface area contributed by atoms with Crippen LogP contribution in [-0.2, 0) is 6.54 Å². The molecule has 1 aromatic heterocycles. The Hall–Kier alpha value is -2.21. The van der Waals surface area contributed by atoms with Crippen LogP contribution < -0.4 is 0 Å². The molecule has 134 valence electrons. The van der Waals surface area contributed by atoms with E-state index in [0.717, 1.165) is 23.4 Å². The van der Waals surface area contributed by atoms with E-state index in [4.69, 9.17) is 0 Å². The van der Waals surface area contributed by atoms with Crippen molar-refractivity contribution in [1.82, 2.24) is 14.9 Å². The number of aliphatic hydroxyl groups is 2. The Labute approximate surface area is 152 Å². The highest BCUT2D eigenvalue weighted by Gasteiger charge is 2.70. The van der Waals surface area contributed by atoms with Gasteiger partial charge >= 0.3 is 0 Å². The number of aliphatic hydroxyl groups excluding tert-OH is 2. The molecular weight excluding hydrogens is 326 g/mol. The summed E-state index contributed by atoms with van der Waals surface area (Å²) in [4.78, 5) is 10.3. The normalized spacial score (nSPS) is 31.1. The van der Waals surface area contributed by atoms with E-state index >= 15 is 0 Å². The maximum Gasteiger partial charge on any atom is 0.121 e. The predicted octanol–water partition coefficient (Wildman–Crippen LogP) is 2.13. The number of benzene rings is 2. The maximum absolute atomic E-state index is 10.9. The number of aromatic amines is 1. The van der Waals surface area contributed by atoms with Crippen LogP contribution in [0.25, 0.3) is 11.0 Å². The highest BCUT2D eigenvalue weighted by atomic mass is 16.3. The van der Waals surface area contributed by atoms with E-state index in [1.807, 2.05) is 42.5 Å². The average Bonchev–Trinajstić information content (AvgIpc) is 2.93. The van der Waals surface area contributed by atoms with Crippen molar-refractivity contribution in [3.63, 3.8) is 0 Å². The van der Waals surface area contributed by atoms with Gasteiger partial charge in [0.2, 0.25) is 0 Å². The van der Waals surface area contributed by atoms with Crippen LogP contribution in [0, 0.1) is 11.3 Å². The number of aromatic nitrogens is 2. The Kier molecular flexibility index (Phi) is 3.64. The first-order valence-corrected chi connectivity index (χ1v) is 9.22.